The van der Waals surface area contributed by atoms with Crippen LogP contribution in [0.3, 0.4) is 0 Å². The van der Waals surface area contributed by atoms with Crippen molar-refractivity contribution in [3.05, 3.63) is 91.0 Å². The molecular formula is C24H17O3. The van der Waals surface area contributed by atoms with E-state index < -0.39 is 0 Å². The number of hydrogen-bond donors (Lipinski definition) is 3. The second kappa shape index (κ2) is 6.89. The number of aromatic hydroxyl groups is 3. The minimum atomic E-state index is 0.205. The van der Waals surface area contributed by atoms with Crippen molar-refractivity contribution < 1.29 is 15.3 Å². The van der Waals surface area contributed by atoms with Gasteiger partial charge in [0, 0.05) is 0 Å². The highest BCUT2D eigenvalue weighted by molar-refractivity contribution is 5.94. The fourth-order valence-electron chi connectivity index (χ4n) is 3.16. The van der Waals surface area contributed by atoms with Gasteiger partial charge >= 0.3 is 0 Å². The maximum absolute atomic E-state index is 9.67. The molecule has 0 atom stereocenters. The molecule has 0 unspecified atom stereocenters. The Morgan fingerprint density at radius 2 is 0.926 bits per heavy atom. The topological polar surface area (TPSA) is 60.7 Å². The van der Waals surface area contributed by atoms with Crippen molar-refractivity contribution in [2.45, 2.75) is 0 Å². The van der Waals surface area contributed by atoms with Gasteiger partial charge in [0.25, 0.3) is 0 Å². The molecule has 4 aromatic rings. The van der Waals surface area contributed by atoms with E-state index in [9.17, 15) is 15.3 Å². The standard InChI is InChI=1S/C24H17O3/c25-19-10-4-16(5-11-19)22-2-1-3-23(17-6-12-20(26)13-7-17)24(22)18-8-14-21(27)15-9-18/h1-2,4-15,25-27H. The van der Waals surface area contributed by atoms with E-state index >= 15 is 0 Å². The van der Waals surface area contributed by atoms with Gasteiger partial charge in [-0.3, -0.25) is 0 Å². The van der Waals surface area contributed by atoms with Crippen LogP contribution >= 0.6 is 0 Å². The number of hydrogen-bond acceptors (Lipinski definition) is 3. The number of rotatable bonds is 3. The first-order valence-electron chi connectivity index (χ1n) is 8.55. The Kier molecular flexibility index (Phi) is 4.27. The van der Waals surface area contributed by atoms with Crippen LogP contribution in [0.1, 0.15) is 0 Å². The summed E-state index contributed by atoms with van der Waals surface area (Å²) in [6, 6.07) is 28.3. The molecule has 3 nitrogen and oxygen atoms in total. The van der Waals surface area contributed by atoms with Crippen LogP contribution in [0.15, 0.2) is 84.9 Å². The molecule has 3 N–H and O–H groups in total. The van der Waals surface area contributed by atoms with Gasteiger partial charge in [0.2, 0.25) is 0 Å². The summed E-state index contributed by atoms with van der Waals surface area (Å²) in [6.45, 7) is 0. The van der Waals surface area contributed by atoms with E-state index in [0.717, 1.165) is 33.4 Å². The van der Waals surface area contributed by atoms with E-state index in [-0.39, 0.29) is 17.2 Å². The SMILES string of the molecule is Oc1ccc(-c2[c]ccc(-c3ccc(O)cc3)c2-c2ccc(O)cc2)cc1. The maximum Gasteiger partial charge on any atom is 0.115 e. The smallest absolute Gasteiger partial charge is 0.115 e. The van der Waals surface area contributed by atoms with Crippen LogP contribution in [0.2, 0.25) is 0 Å². The van der Waals surface area contributed by atoms with Crippen molar-refractivity contribution in [2.75, 3.05) is 0 Å². The molecule has 4 rings (SSSR count). The molecule has 0 spiro atoms. The van der Waals surface area contributed by atoms with Crippen LogP contribution in [-0.2, 0) is 0 Å². The van der Waals surface area contributed by atoms with Crippen LogP contribution in [0, 0.1) is 6.07 Å². The van der Waals surface area contributed by atoms with Crippen molar-refractivity contribution >= 4 is 0 Å². The maximum atomic E-state index is 9.67. The van der Waals surface area contributed by atoms with Gasteiger partial charge < -0.3 is 15.3 Å². The van der Waals surface area contributed by atoms with Crippen LogP contribution in [0.4, 0.5) is 0 Å². The van der Waals surface area contributed by atoms with E-state index in [2.05, 4.69) is 6.07 Å². The summed E-state index contributed by atoms with van der Waals surface area (Å²) in [5.41, 5.74) is 5.68. The summed E-state index contributed by atoms with van der Waals surface area (Å²) in [5.74, 6) is 0.627. The van der Waals surface area contributed by atoms with E-state index in [0.29, 0.717) is 0 Å². The van der Waals surface area contributed by atoms with E-state index in [1.165, 1.54) is 0 Å². The fourth-order valence-corrected chi connectivity index (χ4v) is 3.16. The third-order valence-corrected chi connectivity index (χ3v) is 4.49. The lowest BCUT2D eigenvalue weighted by molar-refractivity contribution is 0.475. The predicted molar refractivity (Wildman–Crippen MR) is 107 cm³/mol. The Morgan fingerprint density at radius 3 is 1.44 bits per heavy atom. The zero-order valence-corrected chi connectivity index (χ0v) is 14.4. The second-order valence-electron chi connectivity index (χ2n) is 6.28. The normalized spacial score (nSPS) is 10.7. The first-order valence-corrected chi connectivity index (χ1v) is 8.55. The third kappa shape index (κ3) is 3.35. The lowest BCUT2D eigenvalue weighted by Crippen LogP contribution is -1.90. The summed E-state index contributed by atoms with van der Waals surface area (Å²) >= 11 is 0. The average Bonchev–Trinajstić information content (AvgIpc) is 2.69. The molecule has 0 amide bonds. The van der Waals surface area contributed by atoms with Crippen LogP contribution in [0.25, 0.3) is 33.4 Å². The van der Waals surface area contributed by atoms with Gasteiger partial charge in [0.05, 0.1) is 0 Å². The van der Waals surface area contributed by atoms with Gasteiger partial charge in [0.1, 0.15) is 17.2 Å². The summed E-state index contributed by atoms with van der Waals surface area (Å²) in [7, 11) is 0. The Labute approximate surface area is 157 Å². The van der Waals surface area contributed by atoms with Gasteiger partial charge in [-0.2, -0.15) is 0 Å². The Morgan fingerprint density at radius 1 is 0.481 bits per heavy atom. The predicted octanol–water partition coefficient (Wildman–Crippen LogP) is 5.60. The Balaban J connectivity index is 1.99. The molecule has 0 saturated heterocycles. The summed E-state index contributed by atoms with van der Waals surface area (Å²) < 4.78 is 0. The molecule has 0 aliphatic carbocycles. The lowest BCUT2D eigenvalue weighted by Gasteiger charge is -2.16. The quantitative estimate of drug-likeness (QED) is 0.449. The molecule has 0 aromatic heterocycles. The molecule has 0 bridgehead atoms. The van der Waals surface area contributed by atoms with Gasteiger partial charge in [0.15, 0.2) is 0 Å². The fraction of sp³-hybridized carbons (Fsp3) is 0. The van der Waals surface area contributed by atoms with Crippen molar-refractivity contribution in [3.63, 3.8) is 0 Å². The molecule has 0 heterocycles. The molecule has 0 aliphatic heterocycles. The largest absolute Gasteiger partial charge is 0.508 e. The number of benzene rings is 4. The zero-order chi connectivity index (χ0) is 18.8. The molecule has 0 saturated carbocycles. The molecule has 3 heteroatoms. The summed E-state index contributed by atoms with van der Waals surface area (Å²) in [5, 5.41) is 28.9. The number of phenols is 3. The Hall–Kier alpha value is -3.72. The third-order valence-electron chi connectivity index (χ3n) is 4.49. The summed E-state index contributed by atoms with van der Waals surface area (Å²) in [6.07, 6.45) is 0. The van der Waals surface area contributed by atoms with Crippen LogP contribution < -0.4 is 0 Å². The minimum absolute atomic E-state index is 0.205. The van der Waals surface area contributed by atoms with Gasteiger partial charge in [-0.1, -0.05) is 48.5 Å². The molecule has 0 fully saturated rings. The van der Waals surface area contributed by atoms with Gasteiger partial charge in [-0.15, -0.1) is 0 Å². The van der Waals surface area contributed by atoms with E-state index in [1.807, 2.05) is 48.5 Å². The highest BCUT2D eigenvalue weighted by atomic mass is 16.3. The summed E-state index contributed by atoms with van der Waals surface area (Å²) in [4.78, 5) is 0. The van der Waals surface area contributed by atoms with Crippen molar-refractivity contribution in [3.8, 4) is 50.6 Å². The van der Waals surface area contributed by atoms with Crippen molar-refractivity contribution in [1.29, 1.82) is 0 Å². The first kappa shape index (κ1) is 16.7. The molecule has 131 valence electrons. The second-order valence-corrected chi connectivity index (χ2v) is 6.28. The molecular weight excluding hydrogens is 336 g/mol. The Bertz CT molecular complexity index is 1000. The molecule has 4 aromatic carbocycles. The monoisotopic (exact) mass is 353 g/mol. The first-order chi connectivity index (χ1) is 13.1. The zero-order valence-electron chi connectivity index (χ0n) is 14.4. The van der Waals surface area contributed by atoms with Crippen LogP contribution in [-0.4, -0.2) is 15.3 Å². The van der Waals surface area contributed by atoms with Crippen LogP contribution in [0.5, 0.6) is 17.2 Å². The molecule has 0 aliphatic rings. The van der Waals surface area contributed by atoms with Crippen molar-refractivity contribution in [1.82, 2.24) is 0 Å². The lowest BCUT2D eigenvalue weighted by atomic mass is 9.87. The van der Waals surface area contributed by atoms with Crippen molar-refractivity contribution in [2.24, 2.45) is 0 Å². The van der Waals surface area contributed by atoms with Gasteiger partial charge in [-0.25, -0.2) is 0 Å². The minimum Gasteiger partial charge on any atom is -0.508 e. The van der Waals surface area contributed by atoms with E-state index in [1.54, 1.807) is 36.4 Å². The average molecular weight is 353 g/mol. The molecule has 27 heavy (non-hydrogen) atoms. The van der Waals surface area contributed by atoms with E-state index in [4.69, 9.17) is 0 Å². The highest BCUT2D eigenvalue weighted by Crippen LogP contribution is 2.40. The van der Waals surface area contributed by atoms with Gasteiger partial charge in [-0.05, 0) is 75.8 Å². The molecule has 1 radical (unpaired) electrons. The highest BCUT2D eigenvalue weighted by Gasteiger charge is 2.14. The number of phenolic OH excluding ortho intramolecular Hbond substituents is 3.